The van der Waals surface area contributed by atoms with Crippen LogP contribution in [0.15, 0.2) is 0 Å². The maximum Gasteiger partial charge on any atom is 0.328 e. The second-order valence-electron chi connectivity index (χ2n) is 4.60. The number of rotatable bonds is 7. The summed E-state index contributed by atoms with van der Waals surface area (Å²) in [6.07, 6.45) is 1.57. The number of nitrogens with two attached hydrogens (primary N) is 1. The molecule has 0 aliphatic heterocycles. The minimum Gasteiger partial charge on any atom is -0.480 e. The third-order valence-corrected chi connectivity index (χ3v) is 2.37. The highest BCUT2D eigenvalue weighted by Crippen LogP contribution is 2.04. The molecule has 0 aliphatic rings. The topological polar surface area (TPSA) is 113 Å². The Balaban J connectivity index is 4.64. The van der Waals surface area contributed by atoms with Gasteiger partial charge >= 0.3 is 12.0 Å². The molecule has 7 heteroatoms. The van der Waals surface area contributed by atoms with Crippen LogP contribution in [0, 0.1) is 0 Å². The van der Waals surface area contributed by atoms with E-state index in [1.165, 1.54) is 18.7 Å². The number of primary amides is 1. The zero-order valence-electron chi connectivity index (χ0n) is 11.0. The number of hydrogen-bond acceptors (Lipinski definition) is 3. The van der Waals surface area contributed by atoms with Gasteiger partial charge in [0.2, 0.25) is 5.91 Å². The summed E-state index contributed by atoms with van der Waals surface area (Å²) in [6.45, 7) is 4.83. The summed E-state index contributed by atoms with van der Waals surface area (Å²) < 4.78 is 0. The second-order valence-corrected chi connectivity index (χ2v) is 4.60. The van der Waals surface area contributed by atoms with Gasteiger partial charge in [0, 0.05) is 6.54 Å². The molecule has 0 aromatic rings. The van der Waals surface area contributed by atoms with Crippen LogP contribution in [0.25, 0.3) is 0 Å². The summed E-state index contributed by atoms with van der Waals surface area (Å²) in [5.41, 5.74) is 3.66. The van der Waals surface area contributed by atoms with E-state index in [4.69, 9.17) is 10.8 Å². The Bertz CT molecular complexity index is 328. The van der Waals surface area contributed by atoms with E-state index in [0.29, 0.717) is 13.0 Å². The highest BCUT2D eigenvalue weighted by molar-refractivity contribution is 5.87. The fourth-order valence-electron chi connectivity index (χ4n) is 1.19. The lowest BCUT2D eigenvalue weighted by atomic mass is 10.1. The molecule has 0 fully saturated rings. The molecule has 0 aromatic heterocycles. The molecule has 0 rings (SSSR count). The van der Waals surface area contributed by atoms with E-state index in [1.54, 1.807) is 0 Å². The Morgan fingerprint density at radius 3 is 2.28 bits per heavy atom. The van der Waals surface area contributed by atoms with Crippen molar-refractivity contribution >= 4 is 17.9 Å². The highest BCUT2D eigenvalue weighted by atomic mass is 16.4. The molecule has 18 heavy (non-hydrogen) atoms. The van der Waals surface area contributed by atoms with Crippen LogP contribution in [-0.2, 0) is 9.59 Å². The van der Waals surface area contributed by atoms with Crippen LogP contribution < -0.4 is 11.1 Å². The van der Waals surface area contributed by atoms with Gasteiger partial charge in [0.25, 0.3) is 0 Å². The second kappa shape index (κ2) is 6.83. The fourth-order valence-corrected chi connectivity index (χ4v) is 1.19. The highest BCUT2D eigenvalue weighted by Gasteiger charge is 2.31. The van der Waals surface area contributed by atoms with E-state index in [0.717, 1.165) is 6.42 Å². The molecule has 0 aliphatic carbocycles. The van der Waals surface area contributed by atoms with E-state index < -0.39 is 23.4 Å². The van der Waals surface area contributed by atoms with Gasteiger partial charge in [-0.2, -0.15) is 0 Å². The number of nitrogens with zero attached hydrogens (tertiary/aromatic N) is 1. The minimum absolute atomic E-state index is 0.221. The Morgan fingerprint density at radius 2 is 1.89 bits per heavy atom. The molecule has 0 radical (unpaired) electrons. The van der Waals surface area contributed by atoms with Gasteiger partial charge in [0.1, 0.15) is 12.1 Å². The molecular formula is C11H21N3O4. The third-order valence-electron chi connectivity index (χ3n) is 2.37. The van der Waals surface area contributed by atoms with Gasteiger partial charge < -0.3 is 21.1 Å². The first-order valence-electron chi connectivity index (χ1n) is 5.79. The molecule has 7 nitrogen and oxygen atoms in total. The molecule has 104 valence electrons. The largest absolute Gasteiger partial charge is 0.480 e. The first-order chi connectivity index (χ1) is 8.20. The summed E-state index contributed by atoms with van der Waals surface area (Å²) >= 11 is 0. The summed E-state index contributed by atoms with van der Waals surface area (Å²) in [4.78, 5) is 34.8. The van der Waals surface area contributed by atoms with Crippen LogP contribution in [0.3, 0.4) is 0 Å². The van der Waals surface area contributed by atoms with Crippen molar-refractivity contribution in [3.8, 4) is 0 Å². The molecule has 0 heterocycles. The van der Waals surface area contributed by atoms with Crippen LogP contribution >= 0.6 is 0 Å². The molecular weight excluding hydrogens is 238 g/mol. The number of amides is 3. The number of urea groups is 1. The molecule has 0 atom stereocenters. The van der Waals surface area contributed by atoms with Gasteiger partial charge in [0.15, 0.2) is 0 Å². The van der Waals surface area contributed by atoms with E-state index in [2.05, 4.69) is 5.32 Å². The predicted molar refractivity (Wildman–Crippen MR) is 65.9 cm³/mol. The van der Waals surface area contributed by atoms with Crippen LogP contribution in [0.1, 0.15) is 33.6 Å². The number of hydrogen-bond donors (Lipinski definition) is 3. The van der Waals surface area contributed by atoms with E-state index >= 15 is 0 Å². The number of nitrogens with one attached hydrogen (secondary N) is 1. The van der Waals surface area contributed by atoms with Gasteiger partial charge in [-0.3, -0.25) is 4.79 Å². The minimum atomic E-state index is -1.39. The monoisotopic (exact) mass is 259 g/mol. The van der Waals surface area contributed by atoms with Crippen LogP contribution in [0.2, 0.25) is 0 Å². The average Bonchev–Trinajstić information content (AvgIpc) is 2.22. The number of carboxylic acid groups (broad SMARTS) is 1. The van der Waals surface area contributed by atoms with Gasteiger partial charge in [-0.15, -0.1) is 0 Å². The van der Waals surface area contributed by atoms with Crippen LogP contribution in [0.5, 0.6) is 0 Å². The first kappa shape index (κ1) is 16.2. The number of carboxylic acids is 1. The lowest BCUT2D eigenvalue weighted by Gasteiger charge is -2.27. The van der Waals surface area contributed by atoms with Crippen molar-refractivity contribution in [2.24, 2.45) is 5.73 Å². The van der Waals surface area contributed by atoms with E-state index in [9.17, 15) is 14.4 Å². The maximum atomic E-state index is 11.8. The van der Waals surface area contributed by atoms with Crippen LogP contribution in [-0.4, -0.2) is 46.5 Å². The molecule has 4 N–H and O–H groups in total. The van der Waals surface area contributed by atoms with Crippen molar-refractivity contribution in [1.29, 1.82) is 0 Å². The summed E-state index contributed by atoms with van der Waals surface area (Å²) in [6, 6.07) is -0.602. The molecule has 0 spiro atoms. The Kier molecular flexibility index (Phi) is 6.15. The zero-order chi connectivity index (χ0) is 14.3. The van der Waals surface area contributed by atoms with E-state index in [1.807, 2.05) is 6.92 Å². The van der Waals surface area contributed by atoms with E-state index in [-0.39, 0.29) is 6.54 Å². The molecule has 0 aromatic carbocycles. The van der Waals surface area contributed by atoms with Crippen LogP contribution in [0.4, 0.5) is 4.79 Å². The first-order valence-corrected chi connectivity index (χ1v) is 5.79. The standard InChI is InChI=1S/C11H21N3O4/c1-4-5-6-14(7-8(12)15)10(18)13-11(2,3)9(16)17/h4-7H2,1-3H3,(H2,12,15)(H,13,18)(H,16,17). The molecule has 0 bridgehead atoms. The lowest BCUT2D eigenvalue weighted by Crippen LogP contribution is -2.55. The van der Waals surface area contributed by atoms with Crippen molar-refractivity contribution in [3.05, 3.63) is 0 Å². The predicted octanol–water partition coefficient (Wildman–Crippen LogP) is 0.147. The van der Waals surface area contributed by atoms with Crippen molar-refractivity contribution in [3.63, 3.8) is 0 Å². The van der Waals surface area contributed by atoms with Crippen molar-refractivity contribution < 1.29 is 19.5 Å². The smallest absolute Gasteiger partial charge is 0.328 e. The third kappa shape index (κ3) is 5.51. The van der Waals surface area contributed by atoms with Gasteiger partial charge in [0.05, 0.1) is 0 Å². The summed E-state index contributed by atoms with van der Waals surface area (Å²) in [5, 5.41) is 11.3. The van der Waals surface area contributed by atoms with Gasteiger partial charge in [-0.05, 0) is 20.3 Å². The SMILES string of the molecule is CCCCN(CC(N)=O)C(=O)NC(C)(C)C(=O)O. The molecule has 0 unspecified atom stereocenters. The maximum absolute atomic E-state index is 11.8. The van der Waals surface area contributed by atoms with Gasteiger partial charge in [-0.1, -0.05) is 13.3 Å². The lowest BCUT2D eigenvalue weighted by molar-refractivity contribution is -0.143. The summed E-state index contributed by atoms with van der Waals surface area (Å²) in [7, 11) is 0. The Morgan fingerprint density at radius 1 is 1.33 bits per heavy atom. The summed E-state index contributed by atoms with van der Waals surface area (Å²) in [5.74, 6) is -1.78. The Labute approximate surface area is 106 Å². The number of carbonyl (C=O) groups excluding carboxylic acids is 2. The number of carbonyl (C=O) groups is 3. The average molecular weight is 259 g/mol. The zero-order valence-corrected chi connectivity index (χ0v) is 11.0. The van der Waals surface area contributed by atoms with Crippen molar-refractivity contribution in [2.45, 2.75) is 39.2 Å². The molecule has 3 amide bonds. The van der Waals surface area contributed by atoms with Crippen molar-refractivity contribution in [1.82, 2.24) is 10.2 Å². The quantitative estimate of drug-likeness (QED) is 0.603. The number of aliphatic carboxylic acids is 1. The van der Waals surface area contributed by atoms with Crippen molar-refractivity contribution in [2.75, 3.05) is 13.1 Å². The van der Waals surface area contributed by atoms with Gasteiger partial charge in [-0.25, -0.2) is 9.59 Å². The normalized spacial score (nSPS) is 10.8. The Hall–Kier alpha value is -1.79. The molecule has 0 saturated carbocycles. The number of unbranched alkanes of at least 4 members (excludes halogenated alkanes) is 1. The molecule has 0 saturated heterocycles. The fraction of sp³-hybridized carbons (Fsp3) is 0.727.